The maximum Gasteiger partial charge on any atom is 0.335 e. The number of benzene rings is 4. The molecule has 1 amide bonds. The summed E-state index contributed by atoms with van der Waals surface area (Å²) in [4.78, 5) is 29.6. The first-order chi connectivity index (χ1) is 21.0. The first-order valence-electron chi connectivity index (χ1n) is 14.8. The SMILES string of the molecule is Cc1cc(C(=O)N2CC[NH+](Cc3ccccc3)CC2Cc2ccc(C(=O)O)cc2)c(-c2ccccc2)n1-c1ccccc1. The molecule has 6 nitrogen and oxygen atoms in total. The minimum absolute atomic E-state index is 0.0301. The molecule has 43 heavy (non-hydrogen) atoms. The third-order valence-electron chi connectivity index (χ3n) is 8.38. The number of nitrogens with one attached hydrogen (secondary N) is 1. The summed E-state index contributed by atoms with van der Waals surface area (Å²) in [5.74, 6) is -0.909. The first kappa shape index (κ1) is 28.2. The summed E-state index contributed by atoms with van der Waals surface area (Å²) in [5, 5.41) is 9.38. The number of carboxylic acid groups (broad SMARTS) is 1. The smallest absolute Gasteiger partial charge is 0.335 e. The second-order valence-electron chi connectivity index (χ2n) is 11.3. The Hall–Kier alpha value is -4.94. The number of aryl methyl sites for hydroxylation is 1. The molecule has 0 bridgehead atoms. The van der Waals surface area contributed by atoms with Crippen LogP contribution in [0.1, 0.15) is 37.5 Å². The van der Waals surface area contributed by atoms with E-state index in [0.29, 0.717) is 18.5 Å². The van der Waals surface area contributed by atoms with Crippen molar-refractivity contribution in [1.82, 2.24) is 9.47 Å². The quantitative estimate of drug-likeness (QED) is 0.266. The lowest BCUT2D eigenvalue weighted by atomic mass is 9.98. The predicted octanol–water partition coefficient (Wildman–Crippen LogP) is 5.30. The average molecular weight is 571 g/mol. The van der Waals surface area contributed by atoms with Crippen LogP contribution in [0.3, 0.4) is 0 Å². The van der Waals surface area contributed by atoms with E-state index in [2.05, 4.69) is 64.9 Å². The minimum Gasteiger partial charge on any atom is -0.478 e. The van der Waals surface area contributed by atoms with Crippen LogP contribution < -0.4 is 4.90 Å². The highest BCUT2D eigenvalue weighted by atomic mass is 16.4. The van der Waals surface area contributed by atoms with Gasteiger partial charge in [0.2, 0.25) is 0 Å². The van der Waals surface area contributed by atoms with E-state index in [1.807, 2.05) is 60.7 Å². The van der Waals surface area contributed by atoms with Crippen LogP contribution >= 0.6 is 0 Å². The monoisotopic (exact) mass is 570 g/mol. The van der Waals surface area contributed by atoms with Gasteiger partial charge in [-0.25, -0.2) is 4.79 Å². The summed E-state index contributed by atoms with van der Waals surface area (Å²) in [6, 6.07) is 39.9. The molecule has 2 heterocycles. The highest BCUT2D eigenvalue weighted by molar-refractivity contribution is 6.01. The number of aromatic carboxylic acids is 1. The fraction of sp³-hybridized carbons (Fsp3) is 0.189. The number of quaternary nitrogens is 1. The normalized spacial score (nSPS) is 16.6. The molecule has 2 unspecified atom stereocenters. The van der Waals surface area contributed by atoms with Gasteiger partial charge in [-0.15, -0.1) is 0 Å². The largest absolute Gasteiger partial charge is 0.478 e. The number of para-hydroxylation sites is 1. The summed E-state index contributed by atoms with van der Waals surface area (Å²) in [5.41, 5.74) is 7.19. The van der Waals surface area contributed by atoms with Crippen molar-refractivity contribution < 1.29 is 19.6 Å². The zero-order valence-electron chi connectivity index (χ0n) is 24.3. The minimum atomic E-state index is -0.939. The van der Waals surface area contributed by atoms with E-state index < -0.39 is 5.97 Å². The van der Waals surface area contributed by atoms with Gasteiger partial charge in [-0.1, -0.05) is 91.0 Å². The van der Waals surface area contributed by atoms with Crippen molar-refractivity contribution >= 4 is 11.9 Å². The number of amides is 1. The average Bonchev–Trinajstić information content (AvgIpc) is 3.39. The lowest BCUT2D eigenvalue weighted by Crippen LogP contribution is -3.14. The summed E-state index contributed by atoms with van der Waals surface area (Å²) >= 11 is 0. The number of piperazine rings is 1. The molecular formula is C37H36N3O3+. The molecule has 1 aliphatic rings. The fourth-order valence-corrected chi connectivity index (χ4v) is 6.30. The van der Waals surface area contributed by atoms with Crippen LogP contribution in [0.2, 0.25) is 0 Å². The zero-order valence-corrected chi connectivity index (χ0v) is 24.3. The summed E-state index contributed by atoms with van der Waals surface area (Å²) in [6.45, 7) is 5.26. The topological polar surface area (TPSA) is 67.0 Å². The fourth-order valence-electron chi connectivity index (χ4n) is 6.30. The Bertz CT molecular complexity index is 1700. The van der Waals surface area contributed by atoms with E-state index in [1.165, 1.54) is 10.5 Å². The van der Waals surface area contributed by atoms with Gasteiger partial charge >= 0.3 is 5.97 Å². The van der Waals surface area contributed by atoms with Crippen LogP contribution in [0.25, 0.3) is 16.9 Å². The van der Waals surface area contributed by atoms with Gasteiger partial charge in [0.15, 0.2) is 0 Å². The molecule has 0 aliphatic carbocycles. The molecule has 6 heteroatoms. The molecule has 1 aliphatic heterocycles. The van der Waals surface area contributed by atoms with Crippen LogP contribution in [0.15, 0.2) is 121 Å². The van der Waals surface area contributed by atoms with Gasteiger partial charge < -0.3 is 19.5 Å². The third kappa shape index (κ3) is 6.15. The molecule has 4 aromatic carbocycles. The zero-order chi connectivity index (χ0) is 29.8. The second kappa shape index (κ2) is 12.5. The molecule has 6 rings (SSSR count). The Morgan fingerprint density at radius 3 is 2.09 bits per heavy atom. The maximum absolute atomic E-state index is 14.6. The van der Waals surface area contributed by atoms with E-state index in [0.717, 1.165) is 47.8 Å². The van der Waals surface area contributed by atoms with Crippen molar-refractivity contribution in [2.24, 2.45) is 0 Å². The summed E-state index contributed by atoms with van der Waals surface area (Å²) < 4.78 is 2.18. The number of carbonyl (C=O) groups is 2. The van der Waals surface area contributed by atoms with E-state index in [-0.39, 0.29) is 17.5 Å². The summed E-state index contributed by atoms with van der Waals surface area (Å²) in [7, 11) is 0. The molecule has 2 N–H and O–H groups in total. The number of carbonyl (C=O) groups excluding carboxylic acids is 1. The van der Waals surface area contributed by atoms with Crippen molar-refractivity contribution in [2.75, 3.05) is 19.6 Å². The molecular weight excluding hydrogens is 534 g/mol. The van der Waals surface area contributed by atoms with Crippen LogP contribution in [0, 0.1) is 6.92 Å². The number of hydrogen-bond donors (Lipinski definition) is 2. The van der Waals surface area contributed by atoms with E-state index in [1.54, 1.807) is 12.1 Å². The number of carboxylic acids is 1. The summed E-state index contributed by atoms with van der Waals surface area (Å²) in [6.07, 6.45) is 0.656. The number of hydrogen-bond acceptors (Lipinski definition) is 2. The Labute approximate surface area is 252 Å². The second-order valence-corrected chi connectivity index (χ2v) is 11.3. The lowest BCUT2D eigenvalue weighted by molar-refractivity contribution is -0.920. The van der Waals surface area contributed by atoms with Crippen molar-refractivity contribution in [3.8, 4) is 16.9 Å². The van der Waals surface area contributed by atoms with Crippen LogP contribution in [0.4, 0.5) is 0 Å². The highest BCUT2D eigenvalue weighted by Crippen LogP contribution is 2.32. The van der Waals surface area contributed by atoms with Crippen LogP contribution in [-0.2, 0) is 13.0 Å². The number of aromatic nitrogens is 1. The number of rotatable bonds is 8. The molecule has 2 atom stereocenters. The third-order valence-corrected chi connectivity index (χ3v) is 8.38. The van der Waals surface area contributed by atoms with Gasteiger partial charge in [-0.2, -0.15) is 0 Å². The lowest BCUT2D eigenvalue weighted by Gasteiger charge is -2.39. The van der Waals surface area contributed by atoms with E-state index in [4.69, 9.17) is 0 Å². The predicted molar refractivity (Wildman–Crippen MR) is 169 cm³/mol. The molecule has 0 saturated carbocycles. The Balaban J connectivity index is 1.36. The molecule has 1 fully saturated rings. The van der Waals surface area contributed by atoms with Gasteiger partial charge in [0.1, 0.15) is 6.54 Å². The molecule has 5 aromatic rings. The first-order valence-corrected chi connectivity index (χ1v) is 14.8. The Kier molecular flexibility index (Phi) is 8.20. The van der Waals surface area contributed by atoms with Crippen LogP contribution in [-0.4, -0.2) is 52.1 Å². The van der Waals surface area contributed by atoms with Gasteiger partial charge in [-0.3, -0.25) is 4.79 Å². The maximum atomic E-state index is 14.6. The molecule has 1 aromatic heterocycles. The standard InChI is InChI=1S/C37H35N3O3/c1-27-23-34(35(30-13-7-3-8-14-30)40(27)32-15-9-4-10-16-32)36(41)39-22-21-38(25-29-11-5-2-6-12-29)26-33(39)24-28-17-19-31(20-18-28)37(42)43/h2-20,23,33H,21-22,24-26H2,1H3,(H,42,43)/p+1. The van der Waals surface area contributed by atoms with Gasteiger partial charge in [-0.05, 0) is 54.8 Å². The molecule has 0 spiro atoms. The van der Waals surface area contributed by atoms with Crippen LogP contribution in [0.5, 0.6) is 0 Å². The molecule has 0 radical (unpaired) electrons. The van der Waals surface area contributed by atoms with Gasteiger partial charge in [0.05, 0.1) is 42.5 Å². The Morgan fingerprint density at radius 1 is 0.814 bits per heavy atom. The van der Waals surface area contributed by atoms with Gasteiger partial charge in [0, 0.05) is 16.9 Å². The molecule has 1 saturated heterocycles. The van der Waals surface area contributed by atoms with Gasteiger partial charge in [0.25, 0.3) is 5.91 Å². The van der Waals surface area contributed by atoms with Crippen molar-refractivity contribution in [3.05, 3.63) is 149 Å². The Morgan fingerprint density at radius 2 is 1.44 bits per heavy atom. The number of nitrogens with zero attached hydrogens (tertiary/aromatic N) is 2. The van der Waals surface area contributed by atoms with Crippen molar-refractivity contribution in [3.63, 3.8) is 0 Å². The van der Waals surface area contributed by atoms with Crippen molar-refractivity contribution in [2.45, 2.75) is 25.9 Å². The van der Waals surface area contributed by atoms with Crippen molar-refractivity contribution in [1.29, 1.82) is 0 Å². The van der Waals surface area contributed by atoms with E-state index >= 15 is 0 Å². The molecule has 216 valence electrons. The van der Waals surface area contributed by atoms with E-state index in [9.17, 15) is 14.7 Å². The highest BCUT2D eigenvalue weighted by Gasteiger charge is 2.36.